The van der Waals surface area contributed by atoms with E-state index in [4.69, 9.17) is 4.74 Å². The number of hydrogen-bond donors (Lipinski definition) is 0. The first-order valence-electron chi connectivity index (χ1n) is 5.96. The molecule has 2 aromatic rings. The Hall–Kier alpha value is -2.68. The second kappa shape index (κ2) is 5.97. The van der Waals surface area contributed by atoms with Crippen LogP contribution in [0.5, 0.6) is 0 Å². The lowest BCUT2D eigenvalue weighted by Crippen LogP contribution is -2.04. The summed E-state index contributed by atoms with van der Waals surface area (Å²) in [6, 6.07) is 19.0. The minimum Gasteiger partial charge on any atom is -0.402 e. The highest BCUT2D eigenvalue weighted by Crippen LogP contribution is 2.18. The van der Waals surface area contributed by atoms with Crippen molar-refractivity contribution in [2.75, 3.05) is 0 Å². The zero-order chi connectivity index (χ0) is 13.1. The Morgan fingerprint density at radius 2 is 1.50 bits per heavy atom. The van der Waals surface area contributed by atoms with Gasteiger partial charge >= 0.3 is 5.97 Å². The van der Waals surface area contributed by atoms with Crippen LogP contribution in [0.25, 0.3) is 6.08 Å². The van der Waals surface area contributed by atoms with Crippen LogP contribution in [0.1, 0.15) is 18.6 Å². The number of rotatable bonds is 2. The maximum absolute atomic E-state index is 11.8. The first-order valence-corrected chi connectivity index (χ1v) is 5.96. The van der Waals surface area contributed by atoms with Crippen molar-refractivity contribution in [1.82, 2.24) is 0 Å². The van der Waals surface area contributed by atoms with Gasteiger partial charge in [-0.1, -0.05) is 56.0 Å². The van der Waals surface area contributed by atoms with Gasteiger partial charge in [-0.2, -0.15) is 0 Å². The van der Waals surface area contributed by atoms with E-state index < -0.39 is 5.97 Å². The molecular weight excluding hydrogens is 250 g/mol. The number of carbonyl (C=O) groups is 1. The van der Waals surface area contributed by atoms with Gasteiger partial charge in [0.2, 0.25) is 5.90 Å². The van der Waals surface area contributed by atoms with E-state index in [0.717, 1.165) is 11.1 Å². The summed E-state index contributed by atoms with van der Waals surface area (Å²) in [5.41, 5.74) is 2.05. The number of carbonyl (C=O) groups excluding carboxylic acids is 1. The molecule has 0 amide bonds. The largest absolute Gasteiger partial charge is 0.402 e. The fourth-order valence-electron chi connectivity index (χ4n) is 1.82. The molecule has 2 aromatic carbocycles. The molecule has 3 nitrogen and oxygen atoms in total. The predicted molar refractivity (Wildman–Crippen MR) is 80.2 cm³/mol. The van der Waals surface area contributed by atoms with Crippen molar-refractivity contribution in [3.63, 3.8) is 0 Å². The molecule has 0 bridgehead atoms. The third-order valence-corrected chi connectivity index (χ3v) is 2.74. The maximum Gasteiger partial charge on any atom is 0.363 e. The molecule has 0 fully saturated rings. The van der Waals surface area contributed by atoms with Crippen LogP contribution in [0.3, 0.4) is 0 Å². The summed E-state index contributed by atoms with van der Waals surface area (Å²) in [5.74, 6) is -0.0597. The van der Waals surface area contributed by atoms with E-state index >= 15 is 0 Å². The lowest BCUT2D eigenvalue weighted by molar-refractivity contribution is -0.129. The molecule has 1 heterocycles. The smallest absolute Gasteiger partial charge is 0.363 e. The van der Waals surface area contributed by atoms with E-state index in [1.807, 2.05) is 60.7 Å². The number of ether oxygens (including phenoxy) is 1. The second-order valence-electron chi connectivity index (χ2n) is 4.11. The molecule has 0 saturated heterocycles. The molecule has 0 radical (unpaired) electrons. The Kier molecular flexibility index (Phi) is 4.11. The molecular formula is C17H15NO2. The minimum atomic E-state index is -0.414. The summed E-state index contributed by atoms with van der Waals surface area (Å²) >= 11 is 0. The molecule has 0 saturated carbocycles. The molecule has 1 aliphatic heterocycles. The molecule has 0 aromatic heterocycles. The van der Waals surface area contributed by atoms with Crippen LogP contribution in [-0.4, -0.2) is 11.9 Å². The Morgan fingerprint density at radius 1 is 0.900 bits per heavy atom. The van der Waals surface area contributed by atoms with Gasteiger partial charge in [-0.3, -0.25) is 0 Å². The van der Waals surface area contributed by atoms with E-state index in [0.29, 0.717) is 11.6 Å². The van der Waals surface area contributed by atoms with Crippen LogP contribution in [0.2, 0.25) is 0 Å². The Balaban J connectivity index is 0.00000147. The van der Waals surface area contributed by atoms with Crippen molar-refractivity contribution in [3.8, 4) is 0 Å². The third kappa shape index (κ3) is 2.83. The Labute approximate surface area is 118 Å². The van der Waals surface area contributed by atoms with Crippen molar-refractivity contribution >= 4 is 17.9 Å². The molecule has 3 rings (SSSR count). The molecule has 20 heavy (non-hydrogen) atoms. The number of nitrogens with zero attached hydrogens (tertiary/aromatic N) is 1. The number of cyclic esters (lactones) is 1. The average Bonchev–Trinajstić information content (AvgIpc) is 2.82. The third-order valence-electron chi connectivity index (χ3n) is 2.74. The summed E-state index contributed by atoms with van der Waals surface area (Å²) in [4.78, 5) is 16.0. The summed E-state index contributed by atoms with van der Waals surface area (Å²) < 4.78 is 5.17. The number of esters is 1. The first kappa shape index (κ1) is 13.7. The van der Waals surface area contributed by atoms with Gasteiger partial charge in [-0.15, -0.1) is 0 Å². The fourth-order valence-corrected chi connectivity index (χ4v) is 1.82. The monoisotopic (exact) mass is 265 g/mol. The van der Waals surface area contributed by atoms with E-state index in [2.05, 4.69) is 4.99 Å². The van der Waals surface area contributed by atoms with E-state index in [-0.39, 0.29) is 7.43 Å². The zero-order valence-electron chi connectivity index (χ0n) is 10.1. The Morgan fingerprint density at radius 3 is 2.15 bits per heavy atom. The van der Waals surface area contributed by atoms with Gasteiger partial charge in [0.1, 0.15) is 0 Å². The van der Waals surface area contributed by atoms with Crippen LogP contribution >= 0.6 is 0 Å². The summed E-state index contributed by atoms with van der Waals surface area (Å²) in [6.07, 6.45) is 1.72. The number of benzene rings is 2. The van der Waals surface area contributed by atoms with Gasteiger partial charge in [0.25, 0.3) is 0 Å². The fraction of sp³-hybridized carbons (Fsp3) is 0.0588. The van der Waals surface area contributed by atoms with Gasteiger partial charge < -0.3 is 4.74 Å². The summed E-state index contributed by atoms with van der Waals surface area (Å²) in [7, 11) is 0. The number of hydrogen-bond acceptors (Lipinski definition) is 3. The topological polar surface area (TPSA) is 38.7 Å². The molecule has 1 aliphatic rings. The van der Waals surface area contributed by atoms with Gasteiger partial charge in [0, 0.05) is 5.56 Å². The quantitative estimate of drug-likeness (QED) is 0.614. The van der Waals surface area contributed by atoms with Gasteiger partial charge in [0.05, 0.1) is 0 Å². The van der Waals surface area contributed by atoms with E-state index in [1.165, 1.54) is 0 Å². The van der Waals surface area contributed by atoms with Gasteiger partial charge in [0.15, 0.2) is 5.70 Å². The average molecular weight is 265 g/mol. The van der Waals surface area contributed by atoms with Crippen molar-refractivity contribution in [1.29, 1.82) is 0 Å². The van der Waals surface area contributed by atoms with Crippen molar-refractivity contribution < 1.29 is 9.53 Å². The molecule has 0 aliphatic carbocycles. The highest BCUT2D eigenvalue weighted by atomic mass is 16.6. The lowest BCUT2D eigenvalue weighted by atomic mass is 10.2. The molecule has 0 atom stereocenters. The summed E-state index contributed by atoms with van der Waals surface area (Å²) in [6.45, 7) is 0. The van der Waals surface area contributed by atoms with Crippen LogP contribution in [0, 0.1) is 0 Å². The molecule has 0 spiro atoms. The molecule has 0 N–H and O–H groups in total. The summed E-state index contributed by atoms with van der Waals surface area (Å²) in [5, 5.41) is 0. The molecule has 3 heteroatoms. The van der Waals surface area contributed by atoms with Crippen LogP contribution < -0.4 is 0 Å². The zero-order valence-corrected chi connectivity index (χ0v) is 10.1. The van der Waals surface area contributed by atoms with Gasteiger partial charge in [-0.25, -0.2) is 9.79 Å². The lowest BCUT2D eigenvalue weighted by Gasteiger charge is -1.97. The first-order chi connectivity index (χ1) is 9.33. The van der Waals surface area contributed by atoms with Crippen molar-refractivity contribution in [2.24, 2.45) is 4.99 Å². The Bertz CT molecular complexity index is 658. The van der Waals surface area contributed by atoms with Crippen molar-refractivity contribution in [3.05, 3.63) is 77.5 Å². The van der Waals surface area contributed by atoms with Crippen molar-refractivity contribution in [2.45, 2.75) is 7.43 Å². The standard InChI is InChI=1S/C16H11NO2.CH4/c18-16-14(11-12-7-3-1-4-8-12)17-15(19-16)13-9-5-2-6-10-13;/h1-11H;1H4/b14-11+;. The van der Waals surface area contributed by atoms with E-state index in [9.17, 15) is 4.79 Å². The molecule has 100 valence electrons. The van der Waals surface area contributed by atoms with Crippen LogP contribution in [-0.2, 0) is 9.53 Å². The second-order valence-corrected chi connectivity index (χ2v) is 4.11. The highest BCUT2D eigenvalue weighted by molar-refractivity contribution is 6.12. The van der Waals surface area contributed by atoms with Crippen LogP contribution in [0.15, 0.2) is 71.4 Å². The van der Waals surface area contributed by atoms with Gasteiger partial charge in [-0.05, 0) is 23.8 Å². The van der Waals surface area contributed by atoms with Crippen LogP contribution in [0.4, 0.5) is 0 Å². The SMILES string of the molecule is C.O=C1OC(c2ccccc2)=N/C1=C/c1ccccc1. The molecule has 0 unspecified atom stereocenters. The minimum absolute atomic E-state index is 0. The highest BCUT2D eigenvalue weighted by Gasteiger charge is 2.23. The van der Waals surface area contributed by atoms with E-state index in [1.54, 1.807) is 6.08 Å². The normalized spacial score (nSPS) is 15.5. The predicted octanol–water partition coefficient (Wildman–Crippen LogP) is 3.67. The maximum atomic E-state index is 11.8. The number of aliphatic imine (C=N–C) groups is 1.